The van der Waals surface area contributed by atoms with Gasteiger partial charge in [0.2, 0.25) is 0 Å². The van der Waals surface area contributed by atoms with Crippen LogP contribution in [0.2, 0.25) is 0 Å². The zero-order valence-corrected chi connectivity index (χ0v) is 27.8. The molecule has 0 aromatic carbocycles. The van der Waals surface area contributed by atoms with Crippen LogP contribution in [0.15, 0.2) is 0 Å². The molecule has 0 aromatic rings. The van der Waals surface area contributed by atoms with Crippen molar-refractivity contribution in [2.24, 2.45) is 0 Å². The Balaban J connectivity index is 0. The number of unbranched alkanes of at least 4 members (excludes halogenated alkanes) is 18. The lowest BCUT2D eigenvalue weighted by atomic mass is 10.1. The third-order valence-corrected chi connectivity index (χ3v) is 9.76. The van der Waals surface area contributed by atoms with Crippen LogP contribution < -0.4 is 0 Å². The first-order chi connectivity index (χ1) is 19.3. The van der Waals surface area contributed by atoms with Crippen molar-refractivity contribution in [3.8, 4) is 0 Å². The van der Waals surface area contributed by atoms with Gasteiger partial charge in [-0.25, -0.2) is 16.8 Å². The summed E-state index contributed by atoms with van der Waals surface area (Å²) in [6.07, 6.45) is 29.0. The van der Waals surface area contributed by atoms with E-state index >= 15 is 0 Å². The van der Waals surface area contributed by atoms with Crippen molar-refractivity contribution in [3.05, 3.63) is 4.13 Å². The van der Waals surface area contributed by atoms with Crippen LogP contribution >= 0.6 is 0 Å². The van der Waals surface area contributed by atoms with E-state index in [1.165, 1.54) is 146 Å². The zero-order valence-electron chi connectivity index (χ0n) is 26.2. The molecule has 0 bridgehead atoms. The van der Waals surface area contributed by atoms with E-state index in [-0.39, 0.29) is 0 Å². The monoisotopic (exact) mass is 662 g/mol. The zero-order chi connectivity index (χ0) is 32.8. The van der Waals surface area contributed by atoms with Gasteiger partial charge < -0.3 is 8.61 Å². The number of nitrogens with zero attached hydrogens (tertiary/aromatic N) is 2. The summed E-state index contributed by atoms with van der Waals surface area (Å²) in [7, 11) is -8.55. The average Bonchev–Trinajstić information content (AvgIpc) is 2.84. The minimum Gasteiger partial charge on any atom is -0.421 e. The van der Waals surface area contributed by atoms with Crippen LogP contribution in [-0.2, 0) is 20.0 Å². The summed E-state index contributed by atoms with van der Waals surface area (Å²) in [6.45, 7) is 7.37. The molecule has 256 valence electrons. The minimum atomic E-state index is -6.72. The summed E-state index contributed by atoms with van der Waals surface area (Å²) in [5.74, 6) is 0. The van der Waals surface area contributed by atoms with Crippen molar-refractivity contribution in [2.45, 2.75) is 153 Å². The summed E-state index contributed by atoms with van der Waals surface area (Å²) in [5, 5.41) is 0. The van der Waals surface area contributed by atoms with Crippen molar-refractivity contribution in [1.82, 2.24) is 0 Å². The smallest absolute Gasteiger partial charge is 0.421 e. The quantitative estimate of drug-likeness (QED) is 0.0585. The van der Waals surface area contributed by atoms with Gasteiger partial charge in [0.05, 0.1) is 27.2 Å². The molecule has 0 saturated carbocycles. The molecule has 0 rings (SSSR count). The van der Waals surface area contributed by atoms with E-state index < -0.39 is 31.1 Å². The maximum atomic E-state index is 11.4. The molecule has 0 spiro atoms. The molecule has 0 N–H and O–H groups in total. The fourth-order valence-corrected chi connectivity index (χ4v) is 6.09. The number of rotatable bonds is 24. The van der Waals surface area contributed by atoms with Gasteiger partial charge in [-0.1, -0.05) is 117 Å². The van der Waals surface area contributed by atoms with Crippen molar-refractivity contribution in [1.29, 1.82) is 0 Å². The van der Waals surface area contributed by atoms with Crippen molar-refractivity contribution < 1.29 is 47.7 Å². The molecule has 0 radical (unpaired) electrons. The van der Waals surface area contributed by atoms with Crippen LogP contribution in [0.3, 0.4) is 0 Å². The maximum Gasteiger partial charge on any atom is 0.480 e. The van der Waals surface area contributed by atoms with E-state index in [9.17, 15) is 43.2 Å². The largest absolute Gasteiger partial charge is 0.480 e. The maximum absolute atomic E-state index is 11.4. The average molecular weight is 663 g/mol. The lowest BCUT2D eigenvalue weighted by Crippen LogP contribution is -2.41. The first kappa shape index (κ1) is 43.5. The van der Waals surface area contributed by atoms with Crippen molar-refractivity contribution in [3.63, 3.8) is 0 Å². The lowest BCUT2D eigenvalue weighted by molar-refractivity contribution is -0.890. The van der Waals surface area contributed by atoms with Gasteiger partial charge in [-0.15, -0.1) is 0 Å². The normalized spacial score (nSPS) is 13.2. The number of alkyl halides is 6. The molecular weight excluding hydrogens is 606 g/mol. The predicted octanol–water partition coefficient (Wildman–Crippen LogP) is 9.96. The van der Waals surface area contributed by atoms with E-state index in [0.29, 0.717) is 0 Å². The highest BCUT2D eigenvalue weighted by Gasteiger charge is 2.46. The molecule has 0 aliphatic carbocycles. The van der Waals surface area contributed by atoms with Gasteiger partial charge in [-0.2, -0.15) is 26.3 Å². The van der Waals surface area contributed by atoms with Crippen LogP contribution in [0.1, 0.15) is 142 Å². The number of halogens is 6. The number of quaternary nitrogens is 1. The van der Waals surface area contributed by atoms with Gasteiger partial charge in [0.1, 0.15) is 0 Å². The molecule has 6 nitrogen and oxygen atoms in total. The van der Waals surface area contributed by atoms with Gasteiger partial charge in [-0.05, 0) is 25.7 Å². The Labute approximate surface area is 252 Å². The van der Waals surface area contributed by atoms with E-state index in [2.05, 4.69) is 27.9 Å². The van der Waals surface area contributed by atoms with Crippen LogP contribution in [-0.4, -0.2) is 59.5 Å². The Hall–Kier alpha value is -0.600. The predicted molar refractivity (Wildman–Crippen MR) is 159 cm³/mol. The molecule has 0 aromatic heterocycles. The molecule has 0 atom stereocenters. The third kappa shape index (κ3) is 23.8. The van der Waals surface area contributed by atoms with Crippen LogP contribution in [0, 0.1) is 0 Å². The lowest BCUT2D eigenvalue weighted by Gasteiger charge is -2.30. The highest BCUT2D eigenvalue weighted by Crippen LogP contribution is 2.36. The van der Waals surface area contributed by atoms with E-state index in [4.69, 9.17) is 0 Å². The summed E-state index contributed by atoms with van der Waals surface area (Å²) < 4.78 is 110. The molecule has 0 heterocycles. The van der Waals surface area contributed by atoms with Crippen LogP contribution in [0.4, 0.5) is 26.3 Å². The van der Waals surface area contributed by atoms with Crippen molar-refractivity contribution >= 4 is 20.0 Å². The SMILES string of the molecule is CCCCCCCCCCCC[N+](C)(C)CCCCCCCCCCCC.O=S(=O)([N-]S(=O)(=O)C(F)(F)F)C(F)(F)F. The molecule has 42 heavy (non-hydrogen) atoms. The second-order valence-electron chi connectivity index (χ2n) is 11.7. The van der Waals surface area contributed by atoms with Gasteiger partial charge in [0.15, 0.2) is 20.0 Å². The topological polar surface area (TPSA) is 82.4 Å². The second-order valence-corrected chi connectivity index (χ2v) is 15.1. The van der Waals surface area contributed by atoms with Crippen LogP contribution in [0.5, 0.6) is 0 Å². The Morgan fingerprint density at radius 2 is 0.667 bits per heavy atom. The summed E-state index contributed by atoms with van der Waals surface area (Å²) in [4.78, 5) is 0. The molecule has 0 fully saturated rings. The van der Waals surface area contributed by atoms with Crippen LogP contribution in [0.25, 0.3) is 4.13 Å². The molecular formula is C28H56F6N2O4S2. The Bertz CT molecular complexity index is 795. The molecule has 14 heteroatoms. The molecule has 0 unspecified atom stereocenters. The van der Waals surface area contributed by atoms with Gasteiger partial charge >= 0.3 is 11.0 Å². The van der Waals surface area contributed by atoms with E-state index in [1.54, 1.807) is 0 Å². The highest BCUT2D eigenvalue weighted by atomic mass is 32.3. The first-order valence-electron chi connectivity index (χ1n) is 15.5. The summed E-state index contributed by atoms with van der Waals surface area (Å²) in [6, 6.07) is 0. The minimum absolute atomic E-state index is 0.778. The Morgan fingerprint density at radius 1 is 0.452 bits per heavy atom. The standard InChI is InChI=1S/C26H56N.C2F6NO4S2/c1-5-7-9-11-13-15-17-19-21-23-25-27(3,4)26-24-22-20-18-16-14-12-10-8-6-2;3-1(4,5)14(10,11)9-15(12,13)2(6,7)8/h5-26H2,1-4H3;/q+1;-1. The molecule has 0 saturated heterocycles. The number of hydrogen-bond acceptors (Lipinski definition) is 4. The molecule has 0 amide bonds. The first-order valence-corrected chi connectivity index (χ1v) is 18.4. The van der Waals surface area contributed by atoms with Gasteiger partial charge in [-0.3, -0.25) is 0 Å². The number of hydrogen-bond donors (Lipinski definition) is 0. The van der Waals surface area contributed by atoms with E-state index in [1.807, 2.05) is 0 Å². The number of sulfonamides is 2. The highest BCUT2D eigenvalue weighted by molar-refractivity contribution is 8.13. The fourth-order valence-electron chi connectivity index (χ4n) is 4.38. The third-order valence-electron chi connectivity index (χ3n) is 7.02. The summed E-state index contributed by atoms with van der Waals surface area (Å²) >= 11 is 0. The Morgan fingerprint density at radius 3 is 0.881 bits per heavy atom. The second kappa shape index (κ2) is 22.8. The molecule has 0 aliphatic heterocycles. The summed E-state index contributed by atoms with van der Waals surface area (Å²) in [5.41, 5.74) is -12.4. The van der Waals surface area contributed by atoms with E-state index in [0.717, 1.165) is 4.13 Å². The molecule has 0 aliphatic rings. The van der Waals surface area contributed by atoms with Gasteiger partial charge in [0.25, 0.3) is 0 Å². The van der Waals surface area contributed by atoms with Crippen molar-refractivity contribution in [2.75, 3.05) is 27.2 Å². The fraction of sp³-hybridized carbons (Fsp3) is 1.00. The Kier molecular flexibility index (Phi) is 23.7. The van der Waals surface area contributed by atoms with Gasteiger partial charge in [0, 0.05) is 0 Å².